The molecule has 102 valence electrons. The number of rotatable bonds is 3. The number of hydrogen-bond donors (Lipinski definition) is 0. The van der Waals surface area contributed by atoms with Gasteiger partial charge in [0, 0.05) is 18.0 Å². The maximum absolute atomic E-state index is 12.3. The largest absolute Gasteiger partial charge is 0.487 e. The van der Waals surface area contributed by atoms with Gasteiger partial charge in [-0.05, 0) is 30.7 Å². The molecular formula is C16H16N2O2. The van der Waals surface area contributed by atoms with E-state index in [0.29, 0.717) is 13.1 Å². The van der Waals surface area contributed by atoms with E-state index in [9.17, 15) is 4.79 Å². The van der Waals surface area contributed by atoms with Crippen molar-refractivity contribution in [2.45, 2.75) is 13.0 Å². The standard InChI is InChI=1S/C16H16N2O2/c1-12-4-2-3-5-15(12)16(19)18-10-14(11-18)20-13-6-8-17-9-7-13/h2-9,14H,10-11H2,1H3. The lowest BCUT2D eigenvalue weighted by Gasteiger charge is -2.39. The van der Waals surface area contributed by atoms with Gasteiger partial charge in [-0.1, -0.05) is 18.2 Å². The molecule has 2 aromatic rings. The number of aryl methyl sites for hydroxylation is 1. The molecule has 2 heterocycles. The zero-order chi connectivity index (χ0) is 13.9. The van der Waals surface area contributed by atoms with Crippen molar-refractivity contribution < 1.29 is 9.53 Å². The number of nitrogens with zero attached hydrogens (tertiary/aromatic N) is 2. The van der Waals surface area contributed by atoms with Crippen LogP contribution in [0.25, 0.3) is 0 Å². The molecule has 0 radical (unpaired) electrons. The first-order valence-corrected chi connectivity index (χ1v) is 6.65. The van der Waals surface area contributed by atoms with Gasteiger partial charge in [-0.3, -0.25) is 9.78 Å². The Morgan fingerprint density at radius 3 is 2.60 bits per heavy atom. The third-order valence-corrected chi connectivity index (χ3v) is 3.46. The minimum Gasteiger partial charge on any atom is -0.487 e. The van der Waals surface area contributed by atoms with Gasteiger partial charge in [-0.15, -0.1) is 0 Å². The predicted molar refractivity (Wildman–Crippen MR) is 75.7 cm³/mol. The van der Waals surface area contributed by atoms with Gasteiger partial charge in [-0.2, -0.15) is 0 Å². The Kier molecular flexibility index (Phi) is 3.37. The Hall–Kier alpha value is -2.36. The minimum atomic E-state index is 0.0744. The Morgan fingerprint density at radius 1 is 1.20 bits per heavy atom. The van der Waals surface area contributed by atoms with Crippen molar-refractivity contribution in [2.75, 3.05) is 13.1 Å². The Bertz CT molecular complexity index is 607. The molecular weight excluding hydrogens is 252 g/mol. The van der Waals surface area contributed by atoms with Crippen LogP contribution in [0.2, 0.25) is 0 Å². The van der Waals surface area contributed by atoms with E-state index in [4.69, 9.17) is 4.74 Å². The third-order valence-electron chi connectivity index (χ3n) is 3.46. The molecule has 3 rings (SSSR count). The van der Waals surface area contributed by atoms with Crippen LogP contribution in [-0.2, 0) is 0 Å². The van der Waals surface area contributed by atoms with E-state index < -0.39 is 0 Å². The van der Waals surface area contributed by atoms with Crippen molar-refractivity contribution in [1.82, 2.24) is 9.88 Å². The van der Waals surface area contributed by atoms with E-state index in [-0.39, 0.29) is 12.0 Å². The van der Waals surface area contributed by atoms with Gasteiger partial charge in [0.05, 0.1) is 13.1 Å². The van der Waals surface area contributed by atoms with Crippen molar-refractivity contribution in [2.24, 2.45) is 0 Å². The van der Waals surface area contributed by atoms with E-state index in [0.717, 1.165) is 16.9 Å². The van der Waals surface area contributed by atoms with Gasteiger partial charge in [0.15, 0.2) is 0 Å². The van der Waals surface area contributed by atoms with Crippen molar-refractivity contribution >= 4 is 5.91 Å². The van der Waals surface area contributed by atoms with Gasteiger partial charge in [0.1, 0.15) is 11.9 Å². The SMILES string of the molecule is Cc1ccccc1C(=O)N1CC(Oc2ccncc2)C1. The van der Waals surface area contributed by atoms with Crippen molar-refractivity contribution in [3.05, 3.63) is 59.9 Å². The van der Waals surface area contributed by atoms with Gasteiger partial charge in [-0.25, -0.2) is 0 Å². The summed E-state index contributed by atoms with van der Waals surface area (Å²) in [5.41, 5.74) is 1.78. The molecule has 1 aliphatic heterocycles. The number of likely N-dealkylation sites (tertiary alicyclic amines) is 1. The van der Waals surface area contributed by atoms with Crippen molar-refractivity contribution in [3.8, 4) is 5.75 Å². The number of benzene rings is 1. The molecule has 0 unspecified atom stereocenters. The minimum absolute atomic E-state index is 0.0744. The highest BCUT2D eigenvalue weighted by molar-refractivity contribution is 5.96. The van der Waals surface area contributed by atoms with Crippen molar-refractivity contribution in [1.29, 1.82) is 0 Å². The molecule has 0 N–H and O–H groups in total. The molecule has 20 heavy (non-hydrogen) atoms. The van der Waals surface area contributed by atoms with E-state index in [1.165, 1.54) is 0 Å². The maximum atomic E-state index is 12.3. The van der Waals surface area contributed by atoms with Crippen molar-refractivity contribution in [3.63, 3.8) is 0 Å². The summed E-state index contributed by atoms with van der Waals surface area (Å²) in [4.78, 5) is 18.1. The summed E-state index contributed by atoms with van der Waals surface area (Å²) in [6, 6.07) is 11.3. The lowest BCUT2D eigenvalue weighted by atomic mass is 10.0. The van der Waals surface area contributed by atoms with E-state index in [2.05, 4.69) is 4.98 Å². The zero-order valence-electron chi connectivity index (χ0n) is 11.3. The third kappa shape index (κ3) is 2.50. The fourth-order valence-corrected chi connectivity index (χ4v) is 2.27. The van der Waals surface area contributed by atoms with Crippen LogP contribution in [0, 0.1) is 6.92 Å². The lowest BCUT2D eigenvalue weighted by molar-refractivity contribution is 0.0177. The van der Waals surface area contributed by atoms with Gasteiger partial charge >= 0.3 is 0 Å². The number of carbonyl (C=O) groups excluding carboxylic acids is 1. The molecule has 0 spiro atoms. The Labute approximate surface area is 118 Å². The zero-order valence-corrected chi connectivity index (χ0v) is 11.3. The average molecular weight is 268 g/mol. The molecule has 0 bridgehead atoms. The van der Waals surface area contributed by atoms with Crippen LogP contribution >= 0.6 is 0 Å². The number of hydrogen-bond acceptors (Lipinski definition) is 3. The second kappa shape index (κ2) is 5.33. The molecule has 4 heteroatoms. The molecule has 0 saturated carbocycles. The summed E-state index contributed by atoms with van der Waals surface area (Å²) < 4.78 is 5.76. The van der Waals surface area contributed by atoms with Crippen LogP contribution < -0.4 is 4.74 Å². The first-order valence-electron chi connectivity index (χ1n) is 6.65. The van der Waals surface area contributed by atoms with Gasteiger partial charge < -0.3 is 9.64 Å². The second-order valence-electron chi connectivity index (χ2n) is 4.95. The molecule has 1 amide bonds. The van der Waals surface area contributed by atoms with Crippen LogP contribution in [0.4, 0.5) is 0 Å². The van der Waals surface area contributed by atoms with Gasteiger partial charge in [0.2, 0.25) is 0 Å². The molecule has 4 nitrogen and oxygen atoms in total. The van der Waals surface area contributed by atoms with Crippen LogP contribution in [-0.4, -0.2) is 35.0 Å². The quantitative estimate of drug-likeness (QED) is 0.857. The number of amides is 1. The van der Waals surface area contributed by atoms with Crippen LogP contribution in [0.15, 0.2) is 48.8 Å². The average Bonchev–Trinajstić information content (AvgIpc) is 2.43. The molecule has 1 fully saturated rings. The predicted octanol–water partition coefficient (Wildman–Crippen LogP) is 2.29. The highest BCUT2D eigenvalue weighted by atomic mass is 16.5. The molecule has 0 aliphatic carbocycles. The highest BCUT2D eigenvalue weighted by Gasteiger charge is 2.33. The van der Waals surface area contributed by atoms with Crippen LogP contribution in [0.1, 0.15) is 15.9 Å². The van der Waals surface area contributed by atoms with Crippen LogP contribution in [0.5, 0.6) is 5.75 Å². The molecule has 1 aromatic heterocycles. The Balaban J connectivity index is 1.58. The second-order valence-corrected chi connectivity index (χ2v) is 4.95. The summed E-state index contributed by atoms with van der Waals surface area (Å²) in [6.07, 6.45) is 3.47. The molecule has 0 atom stereocenters. The fraction of sp³-hybridized carbons (Fsp3) is 0.250. The Morgan fingerprint density at radius 2 is 1.90 bits per heavy atom. The van der Waals surface area contributed by atoms with Crippen LogP contribution in [0.3, 0.4) is 0 Å². The summed E-state index contributed by atoms with van der Waals surface area (Å²) >= 11 is 0. The van der Waals surface area contributed by atoms with E-state index >= 15 is 0 Å². The molecule has 1 saturated heterocycles. The monoisotopic (exact) mass is 268 g/mol. The number of carbonyl (C=O) groups is 1. The topological polar surface area (TPSA) is 42.4 Å². The maximum Gasteiger partial charge on any atom is 0.254 e. The first-order chi connectivity index (χ1) is 9.74. The number of pyridine rings is 1. The summed E-state index contributed by atoms with van der Waals surface area (Å²) in [5, 5.41) is 0. The fourth-order valence-electron chi connectivity index (χ4n) is 2.27. The summed E-state index contributed by atoms with van der Waals surface area (Å²) in [7, 11) is 0. The first kappa shape index (κ1) is 12.7. The normalized spacial score (nSPS) is 14.8. The lowest BCUT2D eigenvalue weighted by Crippen LogP contribution is -2.56. The van der Waals surface area contributed by atoms with E-state index in [1.807, 2.05) is 48.2 Å². The summed E-state index contributed by atoms with van der Waals surface area (Å²) in [5.74, 6) is 0.880. The molecule has 1 aliphatic rings. The molecule has 1 aromatic carbocycles. The summed E-state index contributed by atoms with van der Waals surface area (Å²) in [6.45, 7) is 3.23. The highest BCUT2D eigenvalue weighted by Crippen LogP contribution is 2.20. The smallest absolute Gasteiger partial charge is 0.254 e. The number of ether oxygens (including phenoxy) is 1. The van der Waals surface area contributed by atoms with Gasteiger partial charge in [0.25, 0.3) is 5.91 Å². The number of aromatic nitrogens is 1. The van der Waals surface area contributed by atoms with E-state index in [1.54, 1.807) is 12.4 Å².